The number of methoxy groups -OCH3 is 1. The largest absolute Gasteiger partial charge is 0.496 e. The Morgan fingerprint density at radius 2 is 2.13 bits per heavy atom. The van der Waals surface area contributed by atoms with Gasteiger partial charge in [0.2, 0.25) is 11.8 Å². The molecule has 3 rings (SSSR count). The van der Waals surface area contributed by atoms with E-state index in [9.17, 15) is 9.59 Å². The summed E-state index contributed by atoms with van der Waals surface area (Å²) in [5, 5.41) is 7.12. The van der Waals surface area contributed by atoms with Crippen LogP contribution in [0.25, 0.3) is 0 Å². The average Bonchev–Trinajstić information content (AvgIpc) is 3.28. The molecule has 8 nitrogen and oxygen atoms in total. The summed E-state index contributed by atoms with van der Waals surface area (Å²) in [7, 11) is 1.67. The zero-order chi connectivity index (χ0) is 22.4. The fraction of sp³-hybridized carbons (Fsp3) is 0.522. The quantitative estimate of drug-likeness (QED) is 0.660. The van der Waals surface area contributed by atoms with E-state index in [2.05, 4.69) is 28.3 Å². The molecular formula is C23H33N5O3. The fourth-order valence-corrected chi connectivity index (χ4v) is 4.05. The van der Waals surface area contributed by atoms with Crippen molar-refractivity contribution < 1.29 is 14.3 Å². The molecule has 0 unspecified atom stereocenters. The molecule has 2 heterocycles. The smallest absolute Gasteiger partial charge is 0.237 e. The van der Waals surface area contributed by atoms with Crippen molar-refractivity contribution in [3.05, 3.63) is 47.3 Å². The molecule has 0 bridgehead atoms. The van der Waals surface area contributed by atoms with Crippen LogP contribution in [0.1, 0.15) is 30.0 Å². The highest BCUT2D eigenvalue weighted by Gasteiger charge is 2.33. The van der Waals surface area contributed by atoms with Crippen LogP contribution >= 0.6 is 0 Å². The fourth-order valence-electron chi connectivity index (χ4n) is 4.05. The minimum atomic E-state index is -0.471. The number of piperazine rings is 1. The zero-order valence-electron chi connectivity index (χ0n) is 18.9. The number of likely N-dealkylation sites (N-methyl/N-ethyl adjacent to an activating group) is 1. The molecule has 1 fully saturated rings. The molecule has 0 spiro atoms. The van der Waals surface area contributed by atoms with E-state index >= 15 is 0 Å². The van der Waals surface area contributed by atoms with E-state index in [0.29, 0.717) is 39.3 Å². The summed E-state index contributed by atoms with van der Waals surface area (Å²) in [5.74, 6) is 0.773. The number of carbonyl (C=O) groups excluding carboxylic acids is 2. The third-order valence-electron chi connectivity index (χ3n) is 6.15. The van der Waals surface area contributed by atoms with Gasteiger partial charge in [-0.3, -0.25) is 19.2 Å². The van der Waals surface area contributed by atoms with Gasteiger partial charge in [-0.25, -0.2) is 0 Å². The summed E-state index contributed by atoms with van der Waals surface area (Å²) in [4.78, 5) is 29.6. The van der Waals surface area contributed by atoms with Crippen LogP contribution in [0, 0.1) is 13.8 Å². The van der Waals surface area contributed by atoms with Crippen molar-refractivity contribution in [2.45, 2.75) is 46.3 Å². The first-order valence-corrected chi connectivity index (χ1v) is 10.8. The molecule has 0 radical (unpaired) electrons. The Balaban J connectivity index is 1.69. The summed E-state index contributed by atoms with van der Waals surface area (Å²) in [6.45, 7) is 9.82. The first kappa shape index (κ1) is 22.8. The first-order valence-electron chi connectivity index (χ1n) is 10.8. The van der Waals surface area contributed by atoms with Gasteiger partial charge in [-0.15, -0.1) is 0 Å². The minimum absolute atomic E-state index is 0.00987. The number of aromatic nitrogens is 2. The molecule has 1 aromatic heterocycles. The lowest BCUT2D eigenvalue weighted by Crippen LogP contribution is -2.56. The highest BCUT2D eigenvalue weighted by molar-refractivity contribution is 5.88. The predicted molar refractivity (Wildman–Crippen MR) is 119 cm³/mol. The van der Waals surface area contributed by atoms with E-state index in [0.717, 1.165) is 22.4 Å². The van der Waals surface area contributed by atoms with Crippen LogP contribution in [0.15, 0.2) is 30.6 Å². The number of amides is 2. The normalized spacial score (nSPS) is 16.8. The maximum atomic E-state index is 13.0. The van der Waals surface area contributed by atoms with Crippen LogP contribution < -0.4 is 10.1 Å². The number of rotatable bonds is 9. The van der Waals surface area contributed by atoms with E-state index < -0.39 is 6.04 Å². The van der Waals surface area contributed by atoms with Gasteiger partial charge in [0, 0.05) is 45.1 Å². The number of nitrogens with zero attached hydrogens (tertiary/aromatic N) is 4. The van der Waals surface area contributed by atoms with Gasteiger partial charge >= 0.3 is 0 Å². The summed E-state index contributed by atoms with van der Waals surface area (Å²) < 4.78 is 7.23. The molecule has 0 aliphatic carbocycles. The zero-order valence-corrected chi connectivity index (χ0v) is 18.9. The summed E-state index contributed by atoms with van der Waals surface area (Å²) in [5.41, 5.74) is 3.41. The van der Waals surface area contributed by atoms with Gasteiger partial charge in [-0.2, -0.15) is 5.10 Å². The number of carbonyl (C=O) groups is 2. The van der Waals surface area contributed by atoms with Crippen LogP contribution in [0.4, 0.5) is 0 Å². The minimum Gasteiger partial charge on any atom is -0.496 e. The molecule has 1 N–H and O–H groups in total. The van der Waals surface area contributed by atoms with Crippen molar-refractivity contribution >= 4 is 11.8 Å². The SMILES string of the molecule is CCN(CCn1cccn1)C(=O)C[C@@H]1C(=O)NCCN1Cc1ccc(OC)c(C)c1C. The number of benzene rings is 1. The van der Waals surface area contributed by atoms with Gasteiger partial charge in [-0.05, 0) is 49.6 Å². The number of hydrogen-bond acceptors (Lipinski definition) is 5. The Morgan fingerprint density at radius 3 is 2.81 bits per heavy atom. The summed E-state index contributed by atoms with van der Waals surface area (Å²) in [6, 6.07) is 5.41. The van der Waals surface area contributed by atoms with Crippen LogP contribution in [-0.4, -0.2) is 70.7 Å². The van der Waals surface area contributed by atoms with E-state index in [4.69, 9.17) is 4.74 Å². The Labute approximate surface area is 184 Å². The Bertz CT molecular complexity index is 897. The van der Waals surface area contributed by atoms with Gasteiger partial charge in [0.1, 0.15) is 5.75 Å². The lowest BCUT2D eigenvalue weighted by molar-refractivity contribution is -0.139. The van der Waals surface area contributed by atoms with E-state index in [-0.39, 0.29) is 18.2 Å². The van der Waals surface area contributed by atoms with Crippen LogP contribution in [-0.2, 0) is 22.7 Å². The number of hydrogen-bond donors (Lipinski definition) is 1. The number of nitrogens with one attached hydrogen (secondary N) is 1. The molecular weight excluding hydrogens is 394 g/mol. The molecule has 8 heteroatoms. The third-order valence-corrected chi connectivity index (χ3v) is 6.15. The van der Waals surface area contributed by atoms with Gasteiger partial charge in [0.15, 0.2) is 0 Å². The van der Waals surface area contributed by atoms with Crippen LogP contribution in [0.3, 0.4) is 0 Å². The Kier molecular flexibility index (Phi) is 7.68. The predicted octanol–water partition coefficient (Wildman–Crippen LogP) is 1.75. The second kappa shape index (κ2) is 10.4. The second-order valence-electron chi connectivity index (χ2n) is 7.90. The molecule has 0 saturated carbocycles. The second-order valence-corrected chi connectivity index (χ2v) is 7.90. The summed E-state index contributed by atoms with van der Waals surface area (Å²) >= 11 is 0. The monoisotopic (exact) mass is 427 g/mol. The molecule has 1 saturated heterocycles. The van der Waals surface area contributed by atoms with Crippen molar-refractivity contribution in [3.63, 3.8) is 0 Å². The highest BCUT2D eigenvalue weighted by atomic mass is 16.5. The topological polar surface area (TPSA) is 79.7 Å². The van der Waals surface area contributed by atoms with E-state index in [1.807, 2.05) is 36.9 Å². The van der Waals surface area contributed by atoms with Crippen molar-refractivity contribution in [1.29, 1.82) is 0 Å². The van der Waals surface area contributed by atoms with Crippen molar-refractivity contribution in [2.75, 3.05) is 33.3 Å². The van der Waals surface area contributed by atoms with Crippen molar-refractivity contribution in [1.82, 2.24) is 24.9 Å². The molecule has 1 aliphatic heterocycles. The maximum absolute atomic E-state index is 13.0. The van der Waals surface area contributed by atoms with E-state index in [1.54, 1.807) is 18.2 Å². The van der Waals surface area contributed by atoms with Gasteiger partial charge in [0.25, 0.3) is 0 Å². The Hall–Kier alpha value is -2.87. The van der Waals surface area contributed by atoms with Crippen LogP contribution in [0.2, 0.25) is 0 Å². The standard InChI is InChI=1S/C23H33N5O3/c1-5-26(13-14-28-11-6-9-25-28)22(29)15-20-23(30)24-10-12-27(20)16-19-7-8-21(31-4)18(3)17(19)2/h6-9,11,20H,5,10,12-16H2,1-4H3,(H,24,30)/t20-/m1/s1. The average molecular weight is 428 g/mol. The van der Waals surface area contributed by atoms with Crippen molar-refractivity contribution in [2.24, 2.45) is 0 Å². The molecule has 1 aliphatic rings. The van der Waals surface area contributed by atoms with Crippen LogP contribution in [0.5, 0.6) is 5.75 Å². The first-order chi connectivity index (χ1) is 14.9. The lowest BCUT2D eigenvalue weighted by Gasteiger charge is -2.36. The molecule has 1 atom stereocenters. The molecule has 2 aromatic rings. The number of ether oxygens (including phenoxy) is 1. The van der Waals surface area contributed by atoms with Gasteiger partial charge in [-0.1, -0.05) is 6.07 Å². The van der Waals surface area contributed by atoms with Gasteiger partial charge < -0.3 is 15.0 Å². The molecule has 2 amide bonds. The van der Waals surface area contributed by atoms with Gasteiger partial charge in [0.05, 0.1) is 26.1 Å². The highest BCUT2D eigenvalue weighted by Crippen LogP contribution is 2.26. The van der Waals surface area contributed by atoms with E-state index in [1.165, 1.54) is 0 Å². The lowest BCUT2D eigenvalue weighted by atomic mass is 10.00. The molecule has 168 valence electrons. The maximum Gasteiger partial charge on any atom is 0.237 e. The Morgan fingerprint density at radius 1 is 1.32 bits per heavy atom. The third kappa shape index (κ3) is 5.44. The molecule has 1 aromatic carbocycles. The molecule has 31 heavy (non-hydrogen) atoms. The summed E-state index contributed by atoms with van der Waals surface area (Å²) in [6.07, 6.45) is 3.78. The van der Waals surface area contributed by atoms with Crippen molar-refractivity contribution in [3.8, 4) is 5.75 Å².